The Morgan fingerprint density at radius 3 is 2.56 bits per heavy atom. The first kappa shape index (κ1) is 19.4. The number of likely N-dealkylation sites (tertiary alicyclic amines) is 1. The van der Waals surface area contributed by atoms with Gasteiger partial charge in [0.2, 0.25) is 0 Å². The number of alkyl halides is 1. The van der Waals surface area contributed by atoms with Crippen molar-refractivity contribution >= 4 is 17.7 Å². The third-order valence-electron chi connectivity index (χ3n) is 4.21. The van der Waals surface area contributed by atoms with Gasteiger partial charge in [0.1, 0.15) is 11.4 Å². The molecule has 136 valence electrons. The number of benzene rings is 1. The summed E-state index contributed by atoms with van der Waals surface area (Å²) in [5.74, 6) is 1.26. The molecule has 25 heavy (non-hydrogen) atoms. The van der Waals surface area contributed by atoms with Crippen molar-refractivity contribution in [2.75, 3.05) is 26.1 Å². The van der Waals surface area contributed by atoms with E-state index >= 15 is 0 Å². The van der Waals surface area contributed by atoms with E-state index in [1.165, 1.54) is 0 Å². The minimum atomic E-state index is -0.519. The molecule has 1 aromatic carbocycles. The molecule has 1 saturated heterocycles. The van der Waals surface area contributed by atoms with E-state index in [0.717, 1.165) is 22.4 Å². The Hall–Kier alpha value is -1.93. The second-order valence-corrected chi connectivity index (χ2v) is 7.69. The molecule has 1 aromatic rings. The van der Waals surface area contributed by atoms with E-state index in [-0.39, 0.29) is 12.0 Å². The van der Waals surface area contributed by atoms with Crippen molar-refractivity contribution in [3.05, 3.63) is 28.3 Å². The van der Waals surface area contributed by atoms with Gasteiger partial charge in [0.15, 0.2) is 0 Å². The van der Waals surface area contributed by atoms with Crippen molar-refractivity contribution in [1.82, 2.24) is 4.90 Å². The summed E-state index contributed by atoms with van der Waals surface area (Å²) in [5.41, 5.74) is 2.90. The number of nitrogens with zero attached hydrogens (tertiary/aromatic N) is 2. The minimum Gasteiger partial charge on any atom is -0.496 e. The van der Waals surface area contributed by atoms with Crippen LogP contribution in [0.4, 0.5) is 4.79 Å². The highest BCUT2D eigenvalue weighted by Crippen LogP contribution is 2.40. The summed E-state index contributed by atoms with van der Waals surface area (Å²) in [4.78, 5) is 13.8. The van der Waals surface area contributed by atoms with Gasteiger partial charge in [0.05, 0.1) is 18.7 Å². The smallest absolute Gasteiger partial charge is 0.410 e. The minimum absolute atomic E-state index is 0.0612. The molecule has 2 rings (SSSR count). The van der Waals surface area contributed by atoms with Gasteiger partial charge in [-0.3, -0.25) is 0 Å². The van der Waals surface area contributed by atoms with Gasteiger partial charge in [-0.05, 0) is 45.2 Å². The molecule has 1 fully saturated rings. The van der Waals surface area contributed by atoms with Crippen molar-refractivity contribution in [1.29, 1.82) is 5.26 Å². The van der Waals surface area contributed by atoms with E-state index in [1.54, 1.807) is 12.0 Å². The van der Waals surface area contributed by atoms with E-state index in [9.17, 15) is 10.1 Å². The summed E-state index contributed by atoms with van der Waals surface area (Å²) < 4.78 is 11.0. The van der Waals surface area contributed by atoms with Crippen LogP contribution in [0, 0.1) is 18.3 Å². The Bertz CT molecular complexity index is 698. The first-order chi connectivity index (χ1) is 11.7. The van der Waals surface area contributed by atoms with Crippen LogP contribution < -0.4 is 4.74 Å². The molecule has 0 N–H and O–H groups in total. The summed E-state index contributed by atoms with van der Waals surface area (Å²) in [5, 5.41) is 9.60. The molecule has 0 saturated carbocycles. The molecule has 0 unspecified atom stereocenters. The third kappa shape index (κ3) is 4.19. The number of aryl methyl sites for hydroxylation is 2. The summed E-state index contributed by atoms with van der Waals surface area (Å²) in [6, 6.07) is 4.26. The van der Waals surface area contributed by atoms with Gasteiger partial charge in [-0.25, -0.2) is 4.79 Å². The molecule has 0 spiro atoms. The Morgan fingerprint density at radius 2 is 2.08 bits per heavy atom. The maximum absolute atomic E-state index is 12.2. The number of hydrogen-bond donors (Lipinski definition) is 0. The fourth-order valence-corrected chi connectivity index (χ4v) is 3.30. The van der Waals surface area contributed by atoms with E-state index < -0.39 is 5.60 Å². The lowest BCUT2D eigenvalue weighted by molar-refractivity contribution is 0.00797. The number of rotatable bonds is 4. The van der Waals surface area contributed by atoms with Crippen molar-refractivity contribution < 1.29 is 14.3 Å². The van der Waals surface area contributed by atoms with Crippen LogP contribution in [0.5, 0.6) is 5.75 Å². The average molecular weight is 365 g/mol. The van der Waals surface area contributed by atoms with Crippen LogP contribution in [-0.4, -0.2) is 42.7 Å². The molecule has 1 aliphatic heterocycles. The van der Waals surface area contributed by atoms with Crippen molar-refractivity contribution in [2.45, 2.75) is 45.6 Å². The van der Waals surface area contributed by atoms with E-state index in [2.05, 4.69) is 6.07 Å². The average Bonchev–Trinajstić information content (AvgIpc) is 2.44. The lowest BCUT2D eigenvalue weighted by Crippen LogP contribution is -2.50. The number of nitriles is 1. The zero-order chi connectivity index (χ0) is 18.8. The van der Waals surface area contributed by atoms with Gasteiger partial charge < -0.3 is 14.4 Å². The molecule has 1 amide bonds. The van der Waals surface area contributed by atoms with Crippen LogP contribution >= 0.6 is 11.6 Å². The largest absolute Gasteiger partial charge is 0.496 e. The van der Waals surface area contributed by atoms with Crippen molar-refractivity contribution in [2.24, 2.45) is 0 Å². The number of amides is 1. The molecular formula is C19H25ClN2O3. The van der Waals surface area contributed by atoms with Crippen LogP contribution in [0.2, 0.25) is 0 Å². The zero-order valence-corrected chi connectivity index (χ0v) is 16.2. The Kier molecular flexibility index (Phi) is 5.84. The fraction of sp³-hybridized carbons (Fsp3) is 0.579. The van der Waals surface area contributed by atoms with Gasteiger partial charge >= 0.3 is 6.09 Å². The summed E-state index contributed by atoms with van der Waals surface area (Å²) in [6.07, 6.45) is 0.349. The monoisotopic (exact) mass is 364 g/mol. The highest BCUT2D eigenvalue weighted by atomic mass is 35.5. The van der Waals surface area contributed by atoms with Crippen LogP contribution in [0.15, 0.2) is 6.07 Å². The first-order valence-electron chi connectivity index (χ1n) is 8.36. The highest BCUT2D eigenvalue weighted by Gasteiger charge is 2.38. The molecular weight excluding hydrogens is 340 g/mol. The number of carbonyl (C=O) groups excluding carboxylic acids is 1. The second-order valence-electron chi connectivity index (χ2n) is 7.31. The van der Waals surface area contributed by atoms with Crippen LogP contribution in [0.25, 0.3) is 0 Å². The molecule has 1 heterocycles. The predicted molar refractivity (Wildman–Crippen MR) is 97.4 cm³/mol. The number of hydrogen-bond acceptors (Lipinski definition) is 4. The predicted octanol–water partition coefficient (Wildman–Crippen LogP) is 3.99. The maximum Gasteiger partial charge on any atom is 0.410 e. The highest BCUT2D eigenvalue weighted by molar-refractivity contribution is 6.18. The quantitative estimate of drug-likeness (QED) is 0.758. The van der Waals surface area contributed by atoms with Crippen LogP contribution in [0.3, 0.4) is 0 Å². The van der Waals surface area contributed by atoms with Crippen molar-refractivity contribution in [3.63, 3.8) is 0 Å². The molecule has 0 aliphatic carbocycles. The normalized spacial score (nSPS) is 14.7. The van der Waals surface area contributed by atoms with Gasteiger partial charge in [0, 0.05) is 30.5 Å². The molecule has 5 nitrogen and oxygen atoms in total. The molecule has 0 aromatic heterocycles. The molecule has 0 atom stereocenters. The SMILES string of the molecule is COc1c(CCCl)cc(C)c(C#N)c1C1CN(C(=O)OC(C)(C)C)C1. The van der Waals surface area contributed by atoms with Gasteiger partial charge in [-0.15, -0.1) is 11.6 Å². The molecule has 0 bridgehead atoms. The van der Waals surface area contributed by atoms with Crippen LogP contribution in [-0.2, 0) is 11.2 Å². The Labute approximate surface area is 154 Å². The molecule has 6 heteroatoms. The number of carbonyl (C=O) groups is 1. The standard InChI is InChI=1S/C19H25ClN2O3/c1-12-8-13(6-7-20)17(24-5)16(15(12)9-21)14-10-22(11-14)18(23)25-19(2,3)4/h8,14H,6-7,10-11H2,1-5H3. The zero-order valence-electron chi connectivity index (χ0n) is 15.5. The number of ether oxygens (including phenoxy) is 2. The number of halogens is 1. The second kappa shape index (κ2) is 7.53. The lowest BCUT2D eigenvalue weighted by Gasteiger charge is -2.41. The van der Waals surface area contributed by atoms with Crippen molar-refractivity contribution in [3.8, 4) is 11.8 Å². The van der Waals surface area contributed by atoms with Gasteiger partial charge in [0.25, 0.3) is 0 Å². The van der Waals surface area contributed by atoms with E-state index in [0.29, 0.717) is 31.0 Å². The van der Waals surface area contributed by atoms with Gasteiger partial charge in [-0.2, -0.15) is 5.26 Å². The van der Waals surface area contributed by atoms with Crippen LogP contribution in [0.1, 0.15) is 48.9 Å². The molecule has 1 aliphatic rings. The fourth-order valence-electron chi connectivity index (χ4n) is 3.10. The van der Waals surface area contributed by atoms with E-state index in [1.807, 2.05) is 33.8 Å². The molecule has 0 radical (unpaired) electrons. The summed E-state index contributed by atoms with van der Waals surface area (Å²) in [7, 11) is 1.61. The van der Waals surface area contributed by atoms with E-state index in [4.69, 9.17) is 21.1 Å². The maximum atomic E-state index is 12.2. The number of methoxy groups -OCH3 is 1. The van der Waals surface area contributed by atoms with Gasteiger partial charge in [-0.1, -0.05) is 6.07 Å². The summed E-state index contributed by atoms with van der Waals surface area (Å²) in [6.45, 7) is 8.49. The first-order valence-corrected chi connectivity index (χ1v) is 8.89. The lowest BCUT2D eigenvalue weighted by atomic mass is 9.84. The third-order valence-corrected chi connectivity index (χ3v) is 4.40. The Morgan fingerprint density at radius 1 is 1.44 bits per heavy atom. The topological polar surface area (TPSA) is 62.6 Å². The summed E-state index contributed by atoms with van der Waals surface area (Å²) >= 11 is 5.91. The Balaban J connectivity index is 2.28.